The maximum absolute atomic E-state index is 5.69. The minimum absolute atomic E-state index is 0.475. The molecule has 0 radical (unpaired) electrons. The van der Waals surface area contributed by atoms with Gasteiger partial charge in [0.25, 0.3) is 0 Å². The van der Waals surface area contributed by atoms with Gasteiger partial charge in [-0.25, -0.2) is 0 Å². The highest BCUT2D eigenvalue weighted by Gasteiger charge is 2.21. The second-order valence-electron chi connectivity index (χ2n) is 7.01. The molecule has 23 heavy (non-hydrogen) atoms. The highest BCUT2D eigenvalue weighted by molar-refractivity contribution is 6.05. The molecular formula is C20H30N2O. The van der Waals surface area contributed by atoms with E-state index in [1.54, 1.807) is 0 Å². The van der Waals surface area contributed by atoms with Crippen LogP contribution in [0.5, 0.6) is 0 Å². The summed E-state index contributed by atoms with van der Waals surface area (Å²) in [6, 6.07) is 10.5. The topological polar surface area (TPSA) is 24.8 Å². The standard InChI is InChI=1S/C20H30N2O/c1-16(14-22(3)4)15-23-21-20-17(2)9-8-12-19(20)13-18-10-6-5-7-11-18/h5-7,10-11,13,16-17H,8-9,12,14-15H2,1-4H3/b19-13+,21-20?. The van der Waals surface area contributed by atoms with Gasteiger partial charge in [0.1, 0.15) is 6.61 Å². The van der Waals surface area contributed by atoms with Gasteiger partial charge in [-0.15, -0.1) is 0 Å². The Morgan fingerprint density at radius 3 is 2.74 bits per heavy atom. The largest absolute Gasteiger partial charge is 0.395 e. The van der Waals surface area contributed by atoms with Crippen LogP contribution in [0, 0.1) is 11.8 Å². The van der Waals surface area contributed by atoms with Crippen LogP contribution in [0.15, 0.2) is 41.1 Å². The number of allylic oxidation sites excluding steroid dienone is 1. The number of hydrogen-bond donors (Lipinski definition) is 0. The fraction of sp³-hybridized carbons (Fsp3) is 0.550. The van der Waals surface area contributed by atoms with Crippen LogP contribution in [0.2, 0.25) is 0 Å². The molecule has 3 heteroatoms. The van der Waals surface area contributed by atoms with Crippen LogP contribution < -0.4 is 0 Å². The van der Waals surface area contributed by atoms with Crippen LogP contribution in [-0.2, 0) is 4.84 Å². The molecule has 1 aliphatic carbocycles. The molecule has 0 amide bonds. The lowest BCUT2D eigenvalue weighted by molar-refractivity contribution is 0.100. The molecule has 1 saturated carbocycles. The number of nitrogens with zero attached hydrogens (tertiary/aromatic N) is 2. The zero-order chi connectivity index (χ0) is 16.7. The second-order valence-corrected chi connectivity index (χ2v) is 7.01. The third-order valence-electron chi connectivity index (χ3n) is 4.22. The summed E-state index contributed by atoms with van der Waals surface area (Å²) in [5.74, 6) is 0.956. The van der Waals surface area contributed by atoms with Crippen molar-refractivity contribution in [2.45, 2.75) is 33.1 Å². The maximum Gasteiger partial charge on any atom is 0.120 e. The Morgan fingerprint density at radius 1 is 1.30 bits per heavy atom. The van der Waals surface area contributed by atoms with Crippen LogP contribution in [0.3, 0.4) is 0 Å². The molecule has 126 valence electrons. The minimum atomic E-state index is 0.475. The molecular weight excluding hydrogens is 284 g/mol. The molecule has 0 saturated heterocycles. The molecule has 2 unspecified atom stereocenters. The molecule has 2 atom stereocenters. The summed E-state index contributed by atoms with van der Waals surface area (Å²) in [6.45, 7) is 6.15. The van der Waals surface area contributed by atoms with Gasteiger partial charge < -0.3 is 9.74 Å². The van der Waals surface area contributed by atoms with E-state index in [9.17, 15) is 0 Å². The molecule has 1 aromatic carbocycles. The van der Waals surface area contributed by atoms with E-state index in [1.165, 1.54) is 24.0 Å². The Hall–Kier alpha value is -1.61. The van der Waals surface area contributed by atoms with E-state index in [1.807, 2.05) is 0 Å². The fourth-order valence-electron chi connectivity index (χ4n) is 3.14. The molecule has 0 N–H and O–H groups in total. The Bertz CT molecular complexity index is 534. The summed E-state index contributed by atoms with van der Waals surface area (Å²) in [5.41, 5.74) is 3.71. The van der Waals surface area contributed by atoms with Crippen LogP contribution in [0.1, 0.15) is 38.7 Å². The summed E-state index contributed by atoms with van der Waals surface area (Å²) in [6.07, 6.45) is 5.78. The summed E-state index contributed by atoms with van der Waals surface area (Å²) in [5, 5.41) is 4.52. The maximum atomic E-state index is 5.69. The van der Waals surface area contributed by atoms with Crippen LogP contribution in [0.4, 0.5) is 0 Å². The van der Waals surface area contributed by atoms with Crippen molar-refractivity contribution in [1.29, 1.82) is 0 Å². The van der Waals surface area contributed by atoms with Gasteiger partial charge in [-0.2, -0.15) is 0 Å². The van der Waals surface area contributed by atoms with Crippen molar-refractivity contribution < 1.29 is 4.84 Å². The van der Waals surface area contributed by atoms with Crippen molar-refractivity contribution in [3.63, 3.8) is 0 Å². The minimum Gasteiger partial charge on any atom is -0.395 e. The smallest absolute Gasteiger partial charge is 0.120 e. The molecule has 1 fully saturated rings. The second kappa shape index (κ2) is 8.88. The first kappa shape index (κ1) is 17.7. The number of oxime groups is 1. The molecule has 0 bridgehead atoms. The predicted molar refractivity (Wildman–Crippen MR) is 98.5 cm³/mol. The van der Waals surface area contributed by atoms with Crippen LogP contribution in [-0.4, -0.2) is 37.9 Å². The third kappa shape index (κ3) is 5.83. The number of benzene rings is 1. The predicted octanol–water partition coefficient (Wildman–Crippen LogP) is 4.46. The lowest BCUT2D eigenvalue weighted by Crippen LogP contribution is -2.23. The molecule has 3 nitrogen and oxygen atoms in total. The van der Waals surface area contributed by atoms with Gasteiger partial charge in [-0.05, 0) is 50.6 Å². The summed E-state index contributed by atoms with van der Waals surface area (Å²) < 4.78 is 0. The first-order valence-corrected chi connectivity index (χ1v) is 8.67. The Labute approximate surface area is 141 Å². The lowest BCUT2D eigenvalue weighted by Gasteiger charge is -2.23. The Balaban J connectivity index is 2.05. The summed E-state index contributed by atoms with van der Waals surface area (Å²) >= 11 is 0. The Kier molecular flexibility index (Phi) is 6.85. The monoisotopic (exact) mass is 314 g/mol. The van der Waals surface area contributed by atoms with E-state index in [2.05, 4.69) is 74.4 Å². The van der Waals surface area contributed by atoms with E-state index in [0.717, 1.165) is 18.7 Å². The van der Waals surface area contributed by atoms with Crippen molar-refractivity contribution in [3.05, 3.63) is 41.5 Å². The highest BCUT2D eigenvalue weighted by Crippen LogP contribution is 2.28. The van der Waals surface area contributed by atoms with E-state index in [4.69, 9.17) is 4.84 Å². The van der Waals surface area contributed by atoms with Crippen molar-refractivity contribution in [3.8, 4) is 0 Å². The van der Waals surface area contributed by atoms with Crippen molar-refractivity contribution in [1.82, 2.24) is 4.90 Å². The number of rotatable bonds is 6. The van der Waals surface area contributed by atoms with Gasteiger partial charge in [0, 0.05) is 18.4 Å². The van der Waals surface area contributed by atoms with Crippen LogP contribution in [0.25, 0.3) is 6.08 Å². The average molecular weight is 314 g/mol. The third-order valence-corrected chi connectivity index (χ3v) is 4.22. The van der Waals surface area contributed by atoms with Gasteiger partial charge >= 0.3 is 0 Å². The average Bonchev–Trinajstić information content (AvgIpc) is 2.50. The first-order chi connectivity index (χ1) is 11.1. The van der Waals surface area contributed by atoms with Crippen molar-refractivity contribution >= 4 is 11.8 Å². The fourth-order valence-corrected chi connectivity index (χ4v) is 3.14. The normalized spacial score (nSPS) is 23.4. The van der Waals surface area contributed by atoms with Gasteiger partial charge in [0.2, 0.25) is 0 Å². The quantitative estimate of drug-likeness (QED) is 0.724. The van der Waals surface area contributed by atoms with Crippen molar-refractivity contribution in [2.75, 3.05) is 27.2 Å². The molecule has 1 aromatic rings. The van der Waals surface area contributed by atoms with E-state index >= 15 is 0 Å². The molecule has 0 aliphatic heterocycles. The SMILES string of the molecule is CC(CON=C1/C(=C/c2ccccc2)CCCC1C)CN(C)C. The van der Waals surface area contributed by atoms with Gasteiger partial charge in [-0.1, -0.05) is 49.3 Å². The zero-order valence-corrected chi connectivity index (χ0v) is 15.0. The molecule has 1 aliphatic rings. The molecule has 0 spiro atoms. The number of hydrogen-bond acceptors (Lipinski definition) is 3. The van der Waals surface area contributed by atoms with E-state index in [0.29, 0.717) is 18.4 Å². The van der Waals surface area contributed by atoms with Gasteiger partial charge in [0.15, 0.2) is 0 Å². The van der Waals surface area contributed by atoms with Crippen molar-refractivity contribution in [2.24, 2.45) is 17.0 Å². The van der Waals surface area contributed by atoms with Gasteiger partial charge in [-0.3, -0.25) is 0 Å². The van der Waals surface area contributed by atoms with E-state index < -0.39 is 0 Å². The Morgan fingerprint density at radius 2 is 2.04 bits per heavy atom. The molecule has 2 rings (SSSR count). The molecule has 0 heterocycles. The summed E-state index contributed by atoms with van der Waals surface area (Å²) in [4.78, 5) is 7.88. The van der Waals surface area contributed by atoms with E-state index in [-0.39, 0.29) is 0 Å². The first-order valence-electron chi connectivity index (χ1n) is 8.67. The van der Waals surface area contributed by atoms with Crippen LogP contribution >= 0.6 is 0 Å². The van der Waals surface area contributed by atoms with Gasteiger partial charge in [0.05, 0.1) is 5.71 Å². The summed E-state index contributed by atoms with van der Waals surface area (Å²) in [7, 11) is 4.18. The zero-order valence-electron chi connectivity index (χ0n) is 15.0. The lowest BCUT2D eigenvalue weighted by atomic mass is 9.84. The molecule has 0 aromatic heterocycles. The highest BCUT2D eigenvalue weighted by atomic mass is 16.6.